The fourth-order valence-corrected chi connectivity index (χ4v) is 4.78. The van der Waals surface area contributed by atoms with Gasteiger partial charge in [-0.25, -0.2) is 8.42 Å². The number of rotatable bonds is 10. The molecule has 0 spiro atoms. The Kier molecular flexibility index (Phi) is 9.78. The Morgan fingerprint density at radius 3 is 2.35 bits per heavy atom. The summed E-state index contributed by atoms with van der Waals surface area (Å²) in [5.41, 5.74) is 0.994. The molecule has 11 heteroatoms. The summed E-state index contributed by atoms with van der Waals surface area (Å²) in [4.78, 5) is 27.6. The lowest BCUT2D eigenvalue weighted by Crippen LogP contribution is -2.52. The van der Waals surface area contributed by atoms with E-state index in [1.54, 1.807) is 6.92 Å². The fourth-order valence-electron chi connectivity index (χ4n) is 3.24. The molecule has 0 unspecified atom stereocenters. The van der Waals surface area contributed by atoms with E-state index in [1.807, 2.05) is 38.1 Å². The molecule has 0 saturated carbocycles. The summed E-state index contributed by atoms with van der Waals surface area (Å²) in [6, 6.07) is 10.8. The van der Waals surface area contributed by atoms with E-state index in [2.05, 4.69) is 21.2 Å². The standard InChI is InChI=1S/C23H29BrClN3O5S/c1-15(2)26-23(30)16(3)27(13-17-7-6-8-18(24)11-17)22(29)14-28(34(5,31)32)19-9-10-21(33-4)20(25)12-19/h6-12,15-16H,13-14H2,1-5H3,(H,26,30)/t16-/m0/s1. The normalized spacial score (nSPS) is 12.2. The van der Waals surface area contributed by atoms with Crippen LogP contribution in [-0.4, -0.2) is 57.1 Å². The number of carbonyl (C=O) groups is 2. The lowest BCUT2D eigenvalue weighted by atomic mass is 10.1. The molecule has 0 aliphatic carbocycles. The van der Waals surface area contributed by atoms with Crippen LogP contribution < -0.4 is 14.4 Å². The van der Waals surface area contributed by atoms with Gasteiger partial charge in [-0.2, -0.15) is 0 Å². The van der Waals surface area contributed by atoms with E-state index in [4.69, 9.17) is 16.3 Å². The van der Waals surface area contributed by atoms with Crippen LogP contribution in [0, 0.1) is 0 Å². The van der Waals surface area contributed by atoms with Crippen molar-refractivity contribution in [2.24, 2.45) is 0 Å². The summed E-state index contributed by atoms with van der Waals surface area (Å²) >= 11 is 9.60. The topological polar surface area (TPSA) is 96.0 Å². The molecule has 0 radical (unpaired) electrons. The summed E-state index contributed by atoms with van der Waals surface area (Å²) in [7, 11) is -2.40. The molecule has 2 aromatic rings. The Morgan fingerprint density at radius 1 is 1.15 bits per heavy atom. The zero-order chi connectivity index (χ0) is 25.6. The average molecular weight is 575 g/mol. The van der Waals surface area contributed by atoms with Crippen molar-refractivity contribution in [3.05, 3.63) is 57.5 Å². The van der Waals surface area contributed by atoms with Crippen LogP contribution in [0.3, 0.4) is 0 Å². The highest BCUT2D eigenvalue weighted by atomic mass is 79.9. The van der Waals surface area contributed by atoms with Gasteiger partial charge in [0.05, 0.1) is 24.1 Å². The number of methoxy groups -OCH3 is 1. The number of halogens is 2. The molecule has 2 amide bonds. The van der Waals surface area contributed by atoms with Crippen LogP contribution in [0.25, 0.3) is 0 Å². The molecule has 0 fully saturated rings. The monoisotopic (exact) mass is 573 g/mol. The Bertz CT molecular complexity index is 1140. The molecular formula is C23H29BrClN3O5S. The van der Waals surface area contributed by atoms with Crippen LogP contribution in [0.1, 0.15) is 26.3 Å². The number of amides is 2. The van der Waals surface area contributed by atoms with Crippen LogP contribution in [0.2, 0.25) is 5.02 Å². The predicted octanol–water partition coefficient (Wildman–Crippen LogP) is 3.82. The molecule has 2 aromatic carbocycles. The van der Waals surface area contributed by atoms with Gasteiger partial charge in [-0.05, 0) is 56.7 Å². The number of benzene rings is 2. The summed E-state index contributed by atoms with van der Waals surface area (Å²) in [6.45, 7) is 4.87. The Morgan fingerprint density at radius 2 is 1.82 bits per heavy atom. The van der Waals surface area contributed by atoms with Crippen LogP contribution in [0.15, 0.2) is 46.9 Å². The van der Waals surface area contributed by atoms with Crippen molar-refractivity contribution in [2.45, 2.75) is 39.4 Å². The van der Waals surface area contributed by atoms with Gasteiger partial charge >= 0.3 is 0 Å². The van der Waals surface area contributed by atoms with E-state index in [9.17, 15) is 18.0 Å². The molecule has 2 rings (SSSR count). The van der Waals surface area contributed by atoms with Gasteiger partial charge in [-0.1, -0.05) is 39.7 Å². The molecule has 0 aromatic heterocycles. The SMILES string of the molecule is COc1ccc(N(CC(=O)N(Cc2cccc(Br)c2)[C@@H](C)C(=O)NC(C)C)S(C)(=O)=O)cc1Cl. The van der Waals surface area contributed by atoms with Crippen LogP contribution in [-0.2, 0) is 26.2 Å². The number of hydrogen-bond donors (Lipinski definition) is 1. The van der Waals surface area contributed by atoms with E-state index in [-0.39, 0.29) is 29.2 Å². The molecule has 34 heavy (non-hydrogen) atoms. The molecule has 8 nitrogen and oxygen atoms in total. The summed E-state index contributed by atoms with van der Waals surface area (Å²) in [5.74, 6) is -0.499. The zero-order valence-electron chi connectivity index (χ0n) is 19.7. The maximum absolute atomic E-state index is 13.5. The summed E-state index contributed by atoms with van der Waals surface area (Å²) in [6.07, 6.45) is 1.01. The number of ether oxygens (including phenoxy) is 1. The van der Waals surface area contributed by atoms with E-state index in [0.29, 0.717) is 5.75 Å². The van der Waals surface area contributed by atoms with Gasteiger partial charge in [0, 0.05) is 17.1 Å². The van der Waals surface area contributed by atoms with Gasteiger partial charge in [0.1, 0.15) is 18.3 Å². The van der Waals surface area contributed by atoms with E-state index in [1.165, 1.54) is 30.2 Å². The first-order valence-corrected chi connectivity index (χ1v) is 13.5. The zero-order valence-corrected chi connectivity index (χ0v) is 22.9. The highest BCUT2D eigenvalue weighted by Gasteiger charge is 2.30. The van der Waals surface area contributed by atoms with Crippen LogP contribution in [0.4, 0.5) is 5.69 Å². The van der Waals surface area contributed by atoms with Gasteiger partial charge in [-0.15, -0.1) is 0 Å². The first-order valence-electron chi connectivity index (χ1n) is 10.5. The molecular weight excluding hydrogens is 546 g/mol. The molecule has 0 heterocycles. The highest BCUT2D eigenvalue weighted by Crippen LogP contribution is 2.30. The largest absolute Gasteiger partial charge is 0.495 e. The number of hydrogen-bond acceptors (Lipinski definition) is 5. The van der Waals surface area contributed by atoms with Gasteiger partial charge in [0.2, 0.25) is 21.8 Å². The maximum Gasteiger partial charge on any atom is 0.244 e. The van der Waals surface area contributed by atoms with Crippen molar-refractivity contribution in [1.29, 1.82) is 0 Å². The second kappa shape index (κ2) is 11.9. The van der Waals surface area contributed by atoms with Crippen molar-refractivity contribution in [1.82, 2.24) is 10.2 Å². The number of nitrogens with one attached hydrogen (secondary N) is 1. The quantitative estimate of drug-likeness (QED) is 0.466. The Balaban J connectivity index is 2.42. The predicted molar refractivity (Wildman–Crippen MR) is 138 cm³/mol. The lowest BCUT2D eigenvalue weighted by Gasteiger charge is -2.32. The van der Waals surface area contributed by atoms with E-state index in [0.717, 1.165) is 20.6 Å². The minimum Gasteiger partial charge on any atom is -0.495 e. The number of nitrogens with zero attached hydrogens (tertiary/aromatic N) is 2. The highest BCUT2D eigenvalue weighted by molar-refractivity contribution is 9.10. The van der Waals surface area contributed by atoms with Gasteiger partial charge in [0.25, 0.3) is 0 Å². The van der Waals surface area contributed by atoms with Gasteiger partial charge in [0.15, 0.2) is 0 Å². The Labute approximate surface area is 214 Å². The van der Waals surface area contributed by atoms with Crippen molar-refractivity contribution in [3.63, 3.8) is 0 Å². The summed E-state index contributed by atoms with van der Waals surface area (Å²) in [5, 5.41) is 3.01. The van der Waals surface area contributed by atoms with Crippen molar-refractivity contribution in [3.8, 4) is 5.75 Å². The van der Waals surface area contributed by atoms with Crippen molar-refractivity contribution in [2.75, 3.05) is 24.2 Å². The first kappa shape index (κ1) is 27.9. The maximum atomic E-state index is 13.5. The second-order valence-corrected chi connectivity index (χ2v) is 11.3. The minimum absolute atomic E-state index is 0.117. The number of carbonyl (C=O) groups excluding carboxylic acids is 2. The van der Waals surface area contributed by atoms with Crippen molar-refractivity contribution < 1.29 is 22.7 Å². The minimum atomic E-state index is -3.85. The van der Waals surface area contributed by atoms with Crippen LogP contribution in [0.5, 0.6) is 5.75 Å². The average Bonchev–Trinajstić information content (AvgIpc) is 2.74. The first-order chi connectivity index (χ1) is 15.8. The molecule has 0 aliphatic rings. The summed E-state index contributed by atoms with van der Waals surface area (Å²) < 4.78 is 32.1. The molecule has 0 saturated heterocycles. The second-order valence-electron chi connectivity index (χ2n) is 8.08. The molecule has 0 bridgehead atoms. The number of anilines is 1. The third-order valence-electron chi connectivity index (χ3n) is 4.94. The lowest BCUT2D eigenvalue weighted by molar-refractivity contribution is -0.139. The van der Waals surface area contributed by atoms with Gasteiger partial charge in [-0.3, -0.25) is 13.9 Å². The smallest absolute Gasteiger partial charge is 0.244 e. The van der Waals surface area contributed by atoms with Gasteiger partial charge < -0.3 is 15.0 Å². The van der Waals surface area contributed by atoms with E-state index < -0.39 is 28.5 Å². The molecule has 0 aliphatic heterocycles. The number of sulfonamides is 1. The molecule has 1 N–H and O–H groups in total. The van der Waals surface area contributed by atoms with Crippen LogP contribution >= 0.6 is 27.5 Å². The fraction of sp³-hybridized carbons (Fsp3) is 0.391. The molecule has 186 valence electrons. The third kappa shape index (κ3) is 7.61. The van der Waals surface area contributed by atoms with E-state index >= 15 is 0 Å². The Hall–Kier alpha value is -2.30. The van der Waals surface area contributed by atoms with Crippen molar-refractivity contribution >= 4 is 55.1 Å². The third-order valence-corrected chi connectivity index (χ3v) is 6.87. The molecule has 1 atom stereocenters.